The van der Waals surface area contributed by atoms with Crippen molar-refractivity contribution in [2.75, 3.05) is 20.8 Å². The highest BCUT2D eigenvalue weighted by molar-refractivity contribution is 6.00. The van der Waals surface area contributed by atoms with Gasteiger partial charge < -0.3 is 28.2 Å². The van der Waals surface area contributed by atoms with Crippen molar-refractivity contribution in [1.82, 2.24) is 15.2 Å². The molecule has 4 aromatic rings. The Morgan fingerprint density at radius 2 is 1.82 bits per heavy atom. The summed E-state index contributed by atoms with van der Waals surface area (Å²) >= 11 is 0. The van der Waals surface area contributed by atoms with E-state index in [2.05, 4.69) is 15.1 Å². The van der Waals surface area contributed by atoms with Crippen LogP contribution in [0.2, 0.25) is 0 Å². The Balaban J connectivity index is 1.67. The number of alkyl halides is 3. The lowest BCUT2D eigenvalue weighted by atomic mass is 9.86. The van der Waals surface area contributed by atoms with Crippen LogP contribution in [0.1, 0.15) is 44.5 Å². The van der Waals surface area contributed by atoms with Gasteiger partial charge in [0.2, 0.25) is 5.76 Å². The summed E-state index contributed by atoms with van der Waals surface area (Å²) in [5.74, 6) is 0.768. The Morgan fingerprint density at radius 3 is 2.49 bits per heavy atom. The summed E-state index contributed by atoms with van der Waals surface area (Å²) in [5.41, 5.74) is 2.64. The van der Waals surface area contributed by atoms with Crippen molar-refractivity contribution in [3.63, 3.8) is 0 Å². The first-order chi connectivity index (χ1) is 18.6. The third-order valence-electron chi connectivity index (χ3n) is 6.47. The monoisotopic (exact) mass is 543 g/mol. The molecule has 9 nitrogen and oxygen atoms in total. The zero-order chi connectivity index (χ0) is 27.9. The molecule has 5 rings (SSSR count). The summed E-state index contributed by atoms with van der Waals surface area (Å²) in [5, 5.41) is 7.94. The number of methoxy groups -OCH3 is 2. The van der Waals surface area contributed by atoms with Crippen LogP contribution in [-0.2, 0) is 6.42 Å². The van der Waals surface area contributed by atoms with Crippen molar-refractivity contribution in [2.24, 2.45) is 0 Å². The van der Waals surface area contributed by atoms with Crippen molar-refractivity contribution in [2.45, 2.75) is 32.7 Å². The number of amides is 1. The number of carbonyl (C=O) groups is 1. The fourth-order valence-electron chi connectivity index (χ4n) is 4.85. The first-order valence-corrected chi connectivity index (χ1v) is 11.9. The first kappa shape index (κ1) is 26.1. The summed E-state index contributed by atoms with van der Waals surface area (Å²) < 4.78 is 65.0. The quantitative estimate of drug-likeness (QED) is 0.308. The van der Waals surface area contributed by atoms with E-state index in [1.807, 2.05) is 6.07 Å². The molecule has 1 aliphatic rings. The van der Waals surface area contributed by atoms with Crippen LogP contribution in [0, 0.1) is 13.8 Å². The number of rotatable bonds is 6. The van der Waals surface area contributed by atoms with Gasteiger partial charge in [0.15, 0.2) is 5.69 Å². The first-order valence-electron chi connectivity index (χ1n) is 11.9. The molecule has 2 aromatic heterocycles. The van der Waals surface area contributed by atoms with Gasteiger partial charge in [0, 0.05) is 24.2 Å². The Hall–Kier alpha value is -4.48. The molecule has 0 radical (unpaired) electrons. The third-order valence-corrected chi connectivity index (χ3v) is 6.47. The predicted molar refractivity (Wildman–Crippen MR) is 131 cm³/mol. The van der Waals surface area contributed by atoms with Crippen LogP contribution in [0.3, 0.4) is 0 Å². The lowest BCUT2D eigenvalue weighted by molar-refractivity contribution is -0.274. The lowest BCUT2D eigenvalue weighted by Crippen LogP contribution is -2.41. The van der Waals surface area contributed by atoms with Crippen LogP contribution in [0.15, 0.2) is 51.5 Å². The molecular formula is C27H24F3N3O6. The molecule has 0 saturated heterocycles. The maximum absolute atomic E-state index is 14.2. The molecule has 1 unspecified atom stereocenters. The molecule has 0 N–H and O–H groups in total. The molecular weight excluding hydrogens is 519 g/mol. The maximum atomic E-state index is 14.2. The topological polar surface area (TPSA) is 100 Å². The van der Waals surface area contributed by atoms with E-state index in [-0.39, 0.29) is 17.9 Å². The number of hydrogen-bond acceptors (Lipinski definition) is 8. The zero-order valence-electron chi connectivity index (χ0n) is 21.5. The number of carbonyl (C=O) groups excluding carboxylic acids is 1. The van der Waals surface area contributed by atoms with Gasteiger partial charge in [0.05, 0.1) is 26.0 Å². The number of hydrogen-bond donors (Lipinski definition) is 0. The van der Waals surface area contributed by atoms with E-state index in [0.717, 1.165) is 5.56 Å². The summed E-state index contributed by atoms with van der Waals surface area (Å²) in [6, 6.07) is 9.83. The van der Waals surface area contributed by atoms with Crippen LogP contribution in [0.5, 0.6) is 17.2 Å². The summed E-state index contributed by atoms with van der Waals surface area (Å²) in [4.78, 5) is 15.8. The fraction of sp³-hybridized carbons (Fsp3) is 0.296. The van der Waals surface area contributed by atoms with Crippen LogP contribution in [0.25, 0.3) is 11.5 Å². The van der Waals surface area contributed by atoms with Gasteiger partial charge >= 0.3 is 6.36 Å². The van der Waals surface area contributed by atoms with E-state index in [0.29, 0.717) is 46.2 Å². The Bertz CT molecular complexity index is 1510. The number of ether oxygens (including phenoxy) is 3. The molecule has 2 aromatic carbocycles. The minimum atomic E-state index is -4.88. The van der Waals surface area contributed by atoms with Crippen LogP contribution in [0.4, 0.5) is 13.2 Å². The summed E-state index contributed by atoms with van der Waals surface area (Å²) in [6.07, 6.45) is -4.44. The minimum absolute atomic E-state index is 0.134. The molecule has 0 spiro atoms. The standard InChI is InChI=1S/C27H24F3N3O6/c1-14-10-20(32-38-14)25-22(15(2)31-39-25)26(34)33-9-8-16-11-19(35-3)13-21(36-4)23(16)24(33)17-6-5-7-18(12-17)37-27(28,29)30/h5-7,10-13,24H,8-9H2,1-4H3. The number of benzene rings is 2. The van der Waals surface area contributed by atoms with Crippen LogP contribution in [-0.4, -0.2) is 48.2 Å². The second-order valence-electron chi connectivity index (χ2n) is 8.97. The molecule has 0 aliphatic carbocycles. The van der Waals surface area contributed by atoms with Crippen molar-refractivity contribution in [3.8, 4) is 28.7 Å². The van der Waals surface area contributed by atoms with E-state index >= 15 is 0 Å². The van der Waals surface area contributed by atoms with Crippen molar-refractivity contribution in [3.05, 3.63) is 76.2 Å². The fourth-order valence-corrected chi connectivity index (χ4v) is 4.85. The minimum Gasteiger partial charge on any atom is -0.497 e. The highest BCUT2D eigenvalue weighted by atomic mass is 19.4. The number of aryl methyl sites for hydroxylation is 2. The van der Waals surface area contributed by atoms with Crippen LogP contribution >= 0.6 is 0 Å². The van der Waals surface area contributed by atoms with Gasteiger partial charge in [-0.2, -0.15) is 0 Å². The second kappa shape index (κ2) is 10.0. The molecule has 12 heteroatoms. The number of fused-ring (bicyclic) bond motifs is 1. The van der Waals surface area contributed by atoms with Crippen LogP contribution < -0.4 is 14.2 Å². The van der Waals surface area contributed by atoms with E-state index in [1.54, 1.807) is 36.9 Å². The SMILES string of the molecule is COc1cc2c(c(OC)c1)C(c1cccc(OC(F)(F)F)c1)N(C(=O)c1c(C)noc1-c1cc(C)on1)CC2. The van der Waals surface area contributed by atoms with Gasteiger partial charge in [-0.1, -0.05) is 22.4 Å². The van der Waals surface area contributed by atoms with Crippen molar-refractivity contribution < 1.29 is 41.2 Å². The lowest BCUT2D eigenvalue weighted by Gasteiger charge is -2.38. The second-order valence-corrected chi connectivity index (χ2v) is 8.97. The van der Waals surface area contributed by atoms with Gasteiger partial charge in [-0.3, -0.25) is 4.79 Å². The molecule has 0 saturated carbocycles. The van der Waals surface area contributed by atoms with Gasteiger partial charge in [-0.25, -0.2) is 0 Å². The largest absolute Gasteiger partial charge is 0.573 e. The average Bonchev–Trinajstić information content (AvgIpc) is 3.50. The molecule has 0 bridgehead atoms. The molecule has 1 atom stereocenters. The van der Waals surface area contributed by atoms with Crippen molar-refractivity contribution >= 4 is 5.91 Å². The summed E-state index contributed by atoms with van der Waals surface area (Å²) in [6.45, 7) is 3.57. The highest BCUT2D eigenvalue weighted by Gasteiger charge is 2.39. The van der Waals surface area contributed by atoms with E-state index in [9.17, 15) is 18.0 Å². The third kappa shape index (κ3) is 5.01. The number of aromatic nitrogens is 2. The van der Waals surface area contributed by atoms with Gasteiger partial charge in [-0.05, 0) is 49.6 Å². The Kier molecular flexibility index (Phi) is 6.71. The molecule has 39 heavy (non-hydrogen) atoms. The van der Waals surface area contributed by atoms with Gasteiger partial charge in [0.1, 0.15) is 28.6 Å². The van der Waals surface area contributed by atoms with Gasteiger partial charge in [0.25, 0.3) is 5.91 Å². The zero-order valence-corrected chi connectivity index (χ0v) is 21.5. The molecule has 3 heterocycles. The molecule has 204 valence electrons. The normalized spacial score (nSPS) is 15.2. The number of nitrogens with zero attached hydrogens (tertiary/aromatic N) is 3. The highest BCUT2D eigenvalue weighted by Crippen LogP contribution is 2.44. The van der Waals surface area contributed by atoms with E-state index < -0.39 is 24.1 Å². The van der Waals surface area contributed by atoms with Gasteiger partial charge in [-0.15, -0.1) is 13.2 Å². The number of halogens is 3. The Morgan fingerprint density at radius 1 is 1.03 bits per heavy atom. The average molecular weight is 543 g/mol. The maximum Gasteiger partial charge on any atom is 0.573 e. The summed E-state index contributed by atoms with van der Waals surface area (Å²) in [7, 11) is 3.00. The predicted octanol–water partition coefficient (Wildman–Crippen LogP) is 5.65. The Labute approximate surface area is 221 Å². The van der Waals surface area contributed by atoms with E-state index in [1.165, 1.54) is 32.4 Å². The smallest absolute Gasteiger partial charge is 0.497 e. The molecule has 0 fully saturated rings. The molecule has 1 amide bonds. The van der Waals surface area contributed by atoms with E-state index in [4.69, 9.17) is 18.5 Å². The molecule has 1 aliphatic heterocycles. The van der Waals surface area contributed by atoms with Crippen molar-refractivity contribution in [1.29, 1.82) is 0 Å².